The van der Waals surface area contributed by atoms with Crippen molar-refractivity contribution in [2.75, 3.05) is 12.5 Å². The van der Waals surface area contributed by atoms with Gasteiger partial charge in [0, 0.05) is 11.8 Å². The second kappa shape index (κ2) is 6.93. The molecule has 10 heteroatoms. The zero-order valence-electron chi connectivity index (χ0n) is 11.2. The van der Waals surface area contributed by atoms with E-state index in [1.165, 1.54) is 20.1 Å². The van der Waals surface area contributed by atoms with Crippen LogP contribution >= 0.6 is 0 Å². The van der Waals surface area contributed by atoms with Crippen molar-refractivity contribution in [2.45, 2.75) is 13.3 Å². The molecule has 112 valence electrons. The number of nitrogens with one attached hydrogen (secondary N) is 1. The molecule has 0 heterocycles. The molecule has 1 aromatic rings. The monoisotopic (exact) mass is 296 g/mol. The summed E-state index contributed by atoms with van der Waals surface area (Å²) < 4.78 is 4.45. The fourth-order valence-corrected chi connectivity index (χ4v) is 1.36. The molecule has 0 spiro atoms. The van der Waals surface area contributed by atoms with Crippen molar-refractivity contribution in [3.05, 3.63) is 38.4 Å². The molecule has 0 unspecified atom stereocenters. The molecule has 21 heavy (non-hydrogen) atoms. The molecule has 0 aliphatic carbocycles. The van der Waals surface area contributed by atoms with Crippen LogP contribution in [0.4, 0.5) is 17.1 Å². The maximum Gasteiger partial charge on any atom is 0.311 e. The normalized spacial score (nSPS) is 10.9. The van der Waals surface area contributed by atoms with Gasteiger partial charge in [-0.05, 0) is 13.0 Å². The molecule has 0 atom stereocenters. The van der Waals surface area contributed by atoms with E-state index < -0.39 is 27.2 Å². The molecule has 0 aliphatic rings. The summed E-state index contributed by atoms with van der Waals surface area (Å²) in [5.41, 5.74) is 1.84. The topological polar surface area (TPSA) is 137 Å². The van der Waals surface area contributed by atoms with Crippen LogP contribution in [0.5, 0.6) is 0 Å². The third kappa shape index (κ3) is 4.53. The second-order valence-electron chi connectivity index (χ2n) is 3.93. The van der Waals surface area contributed by atoms with E-state index >= 15 is 0 Å². The number of hydrogen-bond donors (Lipinski definition) is 1. The minimum atomic E-state index is -0.763. The minimum Gasteiger partial charge on any atom is -0.469 e. The molecule has 0 aliphatic heterocycles. The quantitative estimate of drug-likeness (QED) is 0.366. The average molecular weight is 296 g/mol. The van der Waals surface area contributed by atoms with Crippen molar-refractivity contribution in [3.63, 3.8) is 0 Å². The fourth-order valence-electron chi connectivity index (χ4n) is 1.36. The van der Waals surface area contributed by atoms with Gasteiger partial charge in [0.1, 0.15) is 5.69 Å². The predicted molar refractivity (Wildman–Crippen MR) is 73.1 cm³/mol. The van der Waals surface area contributed by atoms with Crippen LogP contribution in [-0.2, 0) is 9.53 Å². The number of rotatable bonds is 6. The fraction of sp³-hybridized carbons (Fsp3) is 0.273. The SMILES string of the molecule is COC(=O)C/C(C)=N\Nc1ccc([N+](=O)[O-])cc1[N+](=O)[O-]. The zero-order valence-corrected chi connectivity index (χ0v) is 11.2. The average Bonchev–Trinajstić information content (AvgIpc) is 2.44. The van der Waals surface area contributed by atoms with Gasteiger partial charge in [-0.1, -0.05) is 0 Å². The second-order valence-corrected chi connectivity index (χ2v) is 3.93. The van der Waals surface area contributed by atoms with Gasteiger partial charge in [0.25, 0.3) is 5.69 Å². The Bertz CT molecular complexity index is 613. The number of hydrogen-bond acceptors (Lipinski definition) is 8. The molecule has 0 aromatic heterocycles. The first-order chi connectivity index (χ1) is 9.85. The van der Waals surface area contributed by atoms with Gasteiger partial charge in [0.15, 0.2) is 0 Å². The summed E-state index contributed by atoms with van der Waals surface area (Å²) in [6, 6.07) is 3.11. The highest BCUT2D eigenvalue weighted by atomic mass is 16.6. The number of hydrazone groups is 1. The number of anilines is 1. The van der Waals surface area contributed by atoms with Crippen molar-refractivity contribution < 1.29 is 19.4 Å². The Labute approximate surface area is 118 Å². The summed E-state index contributed by atoms with van der Waals surface area (Å²) in [4.78, 5) is 31.0. The number of nitrogens with zero attached hydrogens (tertiary/aromatic N) is 3. The van der Waals surface area contributed by atoms with Crippen molar-refractivity contribution >= 4 is 28.7 Å². The Hall–Kier alpha value is -3.04. The highest BCUT2D eigenvalue weighted by molar-refractivity contribution is 5.97. The lowest BCUT2D eigenvalue weighted by Gasteiger charge is -2.04. The Morgan fingerprint density at radius 3 is 2.52 bits per heavy atom. The third-order valence-electron chi connectivity index (χ3n) is 2.38. The molecular weight excluding hydrogens is 284 g/mol. The van der Waals surface area contributed by atoms with E-state index in [0.717, 1.165) is 12.1 Å². The number of ether oxygens (including phenoxy) is 1. The van der Waals surface area contributed by atoms with Gasteiger partial charge < -0.3 is 4.74 Å². The lowest BCUT2D eigenvalue weighted by atomic mass is 10.2. The van der Waals surface area contributed by atoms with Crippen LogP contribution in [-0.4, -0.2) is 28.6 Å². The molecule has 0 fully saturated rings. The van der Waals surface area contributed by atoms with Crippen LogP contribution in [0.15, 0.2) is 23.3 Å². The lowest BCUT2D eigenvalue weighted by molar-refractivity contribution is -0.393. The van der Waals surface area contributed by atoms with Crippen LogP contribution in [0, 0.1) is 20.2 Å². The van der Waals surface area contributed by atoms with Crippen LogP contribution in [0.1, 0.15) is 13.3 Å². The van der Waals surface area contributed by atoms with Crippen molar-refractivity contribution in [2.24, 2.45) is 5.10 Å². The van der Waals surface area contributed by atoms with Gasteiger partial charge in [-0.3, -0.25) is 30.4 Å². The van der Waals surface area contributed by atoms with Crippen LogP contribution in [0.25, 0.3) is 0 Å². The number of non-ortho nitro benzene ring substituents is 1. The van der Waals surface area contributed by atoms with Crippen molar-refractivity contribution in [3.8, 4) is 0 Å². The summed E-state index contributed by atoms with van der Waals surface area (Å²) in [6.45, 7) is 1.53. The number of benzene rings is 1. The number of nitro groups is 2. The van der Waals surface area contributed by atoms with E-state index in [0.29, 0.717) is 5.71 Å². The third-order valence-corrected chi connectivity index (χ3v) is 2.38. The van der Waals surface area contributed by atoms with Crippen LogP contribution in [0.3, 0.4) is 0 Å². The van der Waals surface area contributed by atoms with E-state index in [1.54, 1.807) is 0 Å². The molecule has 0 bridgehead atoms. The van der Waals surface area contributed by atoms with Gasteiger partial charge in [-0.25, -0.2) is 0 Å². The van der Waals surface area contributed by atoms with E-state index in [1.807, 2.05) is 0 Å². The first-order valence-electron chi connectivity index (χ1n) is 5.64. The first kappa shape index (κ1) is 16.0. The van der Waals surface area contributed by atoms with Gasteiger partial charge in [-0.2, -0.15) is 5.10 Å². The Kier molecular flexibility index (Phi) is 5.29. The number of methoxy groups -OCH3 is 1. The lowest BCUT2D eigenvalue weighted by Crippen LogP contribution is -2.08. The van der Waals surface area contributed by atoms with Crippen molar-refractivity contribution in [1.82, 2.24) is 0 Å². The van der Waals surface area contributed by atoms with Gasteiger partial charge >= 0.3 is 11.7 Å². The van der Waals surface area contributed by atoms with E-state index in [9.17, 15) is 25.0 Å². The molecule has 0 amide bonds. The maximum atomic E-state index is 11.0. The van der Waals surface area contributed by atoms with Gasteiger partial charge in [0.05, 0.1) is 29.4 Å². The summed E-state index contributed by atoms with van der Waals surface area (Å²) in [5, 5.41) is 25.3. The number of esters is 1. The molecule has 10 nitrogen and oxygen atoms in total. The highest BCUT2D eigenvalue weighted by Crippen LogP contribution is 2.28. The van der Waals surface area contributed by atoms with E-state index in [-0.39, 0.29) is 12.1 Å². The van der Waals surface area contributed by atoms with Gasteiger partial charge in [0.2, 0.25) is 0 Å². The molecule has 1 rings (SSSR count). The van der Waals surface area contributed by atoms with E-state index in [2.05, 4.69) is 15.3 Å². The summed E-state index contributed by atoms with van der Waals surface area (Å²) in [5.74, 6) is -0.503. The van der Waals surface area contributed by atoms with Crippen molar-refractivity contribution in [1.29, 1.82) is 0 Å². The summed E-state index contributed by atoms with van der Waals surface area (Å²) in [6.07, 6.45) is -0.0791. The zero-order chi connectivity index (χ0) is 16.0. The Morgan fingerprint density at radius 2 is 2.00 bits per heavy atom. The van der Waals surface area contributed by atoms with Crippen LogP contribution < -0.4 is 5.43 Å². The molecule has 1 aromatic carbocycles. The van der Waals surface area contributed by atoms with Gasteiger partial charge in [-0.15, -0.1) is 0 Å². The number of nitro benzene ring substituents is 2. The smallest absolute Gasteiger partial charge is 0.311 e. The largest absolute Gasteiger partial charge is 0.469 e. The summed E-state index contributed by atoms with van der Waals surface area (Å²) >= 11 is 0. The highest BCUT2D eigenvalue weighted by Gasteiger charge is 2.19. The number of carbonyl (C=O) groups excluding carboxylic acids is 1. The molecule has 0 saturated heterocycles. The Balaban J connectivity index is 2.98. The van der Waals surface area contributed by atoms with Crippen LogP contribution in [0.2, 0.25) is 0 Å². The summed E-state index contributed by atoms with van der Waals surface area (Å²) in [7, 11) is 1.23. The number of carbonyl (C=O) groups is 1. The maximum absolute atomic E-state index is 11.0. The Morgan fingerprint density at radius 1 is 1.33 bits per heavy atom. The molecular formula is C11H12N4O6. The predicted octanol–water partition coefficient (Wildman–Crippen LogP) is 1.85. The first-order valence-corrected chi connectivity index (χ1v) is 5.64. The minimum absolute atomic E-state index is 0.0187. The molecule has 0 radical (unpaired) electrons. The standard InChI is InChI=1S/C11H12N4O6/c1-7(5-11(16)21-2)12-13-9-4-3-8(14(17)18)6-10(9)15(19)20/h3-4,6,13H,5H2,1-2H3/b12-7-. The van der Waals surface area contributed by atoms with E-state index in [4.69, 9.17) is 0 Å². The molecule has 1 N–H and O–H groups in total. The molecule has 0 saturated carbocycles.